The molecular weight excluding hydrogens is 332 g/mol. The fourth-order valence-electron chi connectivity index (χ4n) is 3.25. The molecule has 1 heterocycles. The lowest BCUT2D eigenvalue weighted by Gasteiger charge is -2.35. The van der Waals surface area contributed by atoms with E-state index < -0.39 is 0 Å². The number of anilines is 1. The molecule has 1 N–H and O–H groups in total. The van der Waals surface area contributed by atoms with Crippen molar-refractivity contribution < 1.29 is 9.72 Å². The van der Waals surface area contributed by atoms with E-state index in [1.54, 1.807) is 12.1 Å². The first-order valence-corrected chi connectivity index (χ1v) is 9.50. The Morgan fingerprint density at radius 3 is 2.42 bits per heavy atom. The molecule has 0 unspecified atom stereocenters. The Bertz CT molecular complexity index is 583. The molecule has 1 aliphatic rings. The minimum absolute atomic E-state index is 0.0952. The summed E-state index contributed by atoms with van der Waals surface area (Å²) in [5, 5.41) is 13.8. The lowest BCUT2D eigenvalue weighted by Crippen LogP contribution is -2.50. The zero-order chi connectivity index (χ0) is 18.9. The molecule has 7 heteroatoms. The summed E-state index contributed by atoms with van der Waals surface area (Å²) in [6.45, 7) is 7.95. The van der Waals surface area contributed by atoms with Crippen molar-refractivity contribution in [3.05, 3.63) is 34.4 Å². The Kier molecular flexibility index (Phi) is 7.84. The number of carbonyl (C=O) groups is 1. The van der Waals surface area contributed by atoms with Crippen molar-refractivity contribution >= 4 is 17.3 Å². The van der Waals surface area contributed by atoms with E-state index in [9.17, 15) is 14.9 Å². The van der Waals surface area contributed by atoms with Crippen LogP contribution in [0, 0.1) is 10.1 Å². The number of rotatable bonds is 9. The second kappa shape index (κ2) is 10.1. The number of piperazine rings is 1. The molecule has 1 atom stereocenters. The van der Waals surface area contributed by atoms with Crippen molar-refractivity contribution in [3.8, 4) is 0 Å². The molecule has 26 heavy (non-hydrogen) atoms. The number of nitrogens with one attached hydrogen (secondary N) is 1. The van der Waals surface area contributed by atoms with Crippen LogP contribution in [0.5, 0.6) is 0 Å². The molecule has 1 saturated heterocycles. The summed E-state index contributed by atoms with van der Waals surface area (Å²) in [7, 11) is 0. The van der Waals surface area contributed by atoms with E-state index in [1.165, 1.54) is 25.0 Å². The number of nitro benzene ring substituents is 1. The highest BCUT2D eigenvalue weighted by atomic mass is 16.6. The van der Waals surface area contributed by atoms with Crippen LogP contribution in [0.4, 0.5) is 11.4 Å². The standard InChI is InChI=1S/C19H30N4O3/c1-3-4-5-6-16(2)20-19(24)15-21-11-13-22(14-12-21)17-7-9-18(10-8-17)23(25)26/h7-10,16H,3-6,11-15H2,1-2H3,(H,20,24)/t16-/m0/s1. The van der Waals surface area contributed by atoms with Crippen molar-refractivity contribution in [1.82, 2.24) is 10.2 Å². The number of hydrogen-bond acceptors (Lipinski definition) is 5. The highest BCUT2D eigenvalue weighted by molar-refractivity contribution is 5.78. The molecule has 1 aliphatic heterocycles. The first-order valence-electron chi connectivity index (χ1n) is 9.50. The minimum Gasteiger partial charge on any atom is -0.369 e. The van der Waals surface area contributed by atoms with Gasteiger partial charge in [-0.15, -0.1) is 0 Å². The zero-order valence-corrected chi connectivity index (χ0v) is 15.8. The molecule has 1 aromatic carbocycles. The van der Waals surface area contributed by atoms with Crippen molar-refractivity contribution in [1.29, 1.82) is 0 Å². The van der Waals surface area contributed by atoms with E-state index in [2.05, 4.69) is 29.0 Å². The van der Waals surface area contributed by atoms with Crippen LogP contribution in [-0.2, 0) is 4.79 Å². The summed E-state index contributed by atoms with van der Waals surface area (Å²) >= 11 is 0. The van der Waals surface area contributed by atoms with Crippen LogP contribution in [0.2, 0.25) is 0 Å². The van der Waals surface area contributed by atoms with Gasteiger partial charge in [0.1, 0.15) is 0 Å². The Morgan fingerprint density at radius 1 is 1.19 bits per heavy atom. The largest absolute Gasteiger partial charge is 0.369 e. The van der Waals surface area contributed by atoms with Gasteiger partial charge < -0.3 is 10.2 Å². The number of unbranched alkanes of at least 4 members (excludes halogenated alkanes) is 2. The number of nitro groups is 1. The lowest BCUT2D eigenvalue weighted by atomic mass is 10.1. The van der Waals surface area contributed by atoms with Gasteiger partial charge >= 0.3 is 0 Å². The van der Waals surface area contributed by atoms with Gasteiger partial charge in [-0.2, -0.15) is 0 Å². The molecule has 0 aliphatic carbocycles. The van der Waals surface area contributed by atoms with Gasteiger partial charge in [-0.1, -0.05) is 26.2 Å². The second-order valence-corrected chi connectivity index (χ2v) is 7.00. The molecule has 0 aromatic heterocycles. The topological polar surface area (TPSA) is 78.7 Å². The normalized spacial score (nSPS) is 16.3. The van der Waals surface area contributed by atoms with Crippen LogP contribution in [-0.4, -0.2) is 54.5 Å². The summed E-state index contributed by atoms with van der Waals surface area (Å²) in [6.07, 6.45) is 4.60. The summed E-state index contributed by atoms with van der Waals surface area (Å²) < 4.78 is 0. The average molecular weight is 362 g/mol. The van der Waals surface area contributed by atoms with Crippen molar-refractivity contribution in [2.45, 2.75) is 45.6 Å². The molecule has 0 saturated carbocycles. The molecule has 1 aromatic rings. The SMILES string of the molecule is CCCCC[C@H](C)NC(=O)CN1CCN(c2ccc([N+](=O)[O-])cc2)CC1. The van der Waals surface area contributed by atoms with E-state index in [0.717, 1.165) is 44.7 Å². The molecule has 2 rings (SSSR count). The number of nitrogens with zero attached hydrogens (tertiary/aromatic N) is 3. The van der Waals surface area contributed by atoms with E-state index in [1.807, 2.05) is 0 Å². The van der Waals surface area contributed by atoms with Gasteiger partial charge in [0.05, 0.1) is 11.5 Å². The first-order chi connectivity index (χ1) is 12.5. The second-order valence-electron chi connectivity index (χ2n) is 7.00. The fraction of sp³-hybridized carbons (Fsp3) is 0.632. The van der Waals surface area contributed by atoms with E-state index in [0.29, 0.717) is 6.54 Å². The maximum atomic E-state index is 12.2. The third-order valence-electron chi connectivity index (χ3n) is 4.81. The van der Waals surface area contributed by atoms with E-state index in [-0.39, 0.29) is 22.6 Å². The quantitative estimate of drug-likeness (QED) is 0.415. The fourth-order valence-corrected chi connectivity index (χ4v) is 3.25. The van der Waals surface area contributed by atoms with E-state index in [4.69, 9.17) is 0 Å². The summed E-state index contributed by atoms with van der Waals surface area (Å²) in [6, 6.07) is 6.89. The van der Waals surface area contributed by atoms with Crippen molar-refractivity contribution in [2.24, 2.45) is 0 Å². The predicted molar refractivity (Wildman–Crippen MR) is 103 cm³/mol. The van der Waals surface area contributed by atoms with Gasteiger partial charge in [0.25, 0.3) is 5.69 Å². The van der Waals surface area contributed by atoms with Gasteiger partial charge in [-0.05, 0) is 25.5 Å². The van der Waals surface area contributed by atoms with Gasteiger partial charge in [0.2, 0.25) is 5.91 Å². The van der Waals surface area contributed by atoms with Crippen LogP contribution in [0.1, 0.15) is 39.5 Å². The van der Waals surface area contributed by atoms with Crippen LogP contribution in [0.15, 0.2) is 24.3 Å². The van der Waals surface area contributed by atoms with Gasteiger partial charge in [-0.25, -0.2) is 0 Å². The Hall–Kier alpha value is -2.15. The van der Waals surface area contributed by atoms with E-state index >= 15 is 0 Å². The Balaban J connectivity index is 1.72. The molecule has 0 radical (unpaired) electrons. The Labute approximate surface area is 155 Å². The van der Waals surface area contributed by atoms with Crippen LogP contribution in [0.3, 0.4) is 0 Å². The maximum Gasteiger partial charge on any atom is 0.269 e. The number of non-ortho nitro benzene ring substituents is 1. The number of benzene rings is 1. The van der Waals surface area contributed by atoms with Crippen molar-refractivity contribution in [3.63, 3.8) is 0 Å². The van der Waals surface area contributed by atoms with Gasteiger partial charge in [0, 0.05) is 50.0 Å². The predicted octanol–water partition coefficient (Wildman–Crippen LogP) is 2.80. The lowest BCUT2D eigenvalue weighted by molar-refractivity contribution is -0.384. The molecule has 0 bridgehead atoms. The summed E-state index contributed by atoms with van der Waals surface area (Å²) in [5.74, 6) is 0.0952. The molecule has 7 nitrogen and oxygen atoms in total. The van der Waals surface area contributed by atoms with Crippen molar-refractivity contribution in [2.75, 3.05) is 37.6 Å². The molecule has 0 spiro atoms. The third kappa shape index (κ3) is 6.29. The van der Waals surface area contributed by atoms with Crippen LogP contribution >= 0.6 is 0 Å². The monoisotopic (exact) mass is 362 g/mol. The molecule has 1 amide bonds. The number of hydrogen-bond donors (Lipinski definition) is 1. The summed E-state index contributed by atoms with van der Waals surface area (Å²) in [5.41, 5.74) is 1.10. The molecule has 1 fully saturated rings. The highest BCUT2D eigenvalue weighted by Crippen LogP contribution is 2.20. The number of amides is 1. The average Bonchev–Trinajstić information content (AvgIpc) is 2.62. The van der Waals surface area contributed by atoms with Crippen LogP contribution < -0.4 is 10.2 Å². The highest BCUT2D eigenvalue weighted by Gasteiger charge is 2.20. The third-order valence-corrected chi connectivity index (χ3v) is 4.81. The smallest absolute Gasteiger partial charge is 0.269 e. The number of carbonyl (C=O) groups excluding carboxylic acids is 1. The molecular formula is C19H30N4O3. The molecule has 144 valence electrons. The first kappa shape index (κ1) is 20.2. The van der Waals surface area contributed by atoms with Crippen LogP contribution in [0.25, 0.3) is 0 Å². The Morgan fingerprint density at radius 2 is 1.85 bits per heavy atom. The summed E-state index contributed by atoms with van der Waals surface area (Å²) in [4.78, 5) is 26.9. The maximum absolute atomic E-state index is 12.2. The van der Waals surface area contributed by atoms with Gasteiger partial charge in [0.15, 0.2) is 0 Å². The minimum atomic E-state index is -0.385. The van der Waals surface area contributed by atoms with Gasteiger partial charge in [-0.3, -0.25) is 19.8 Å². The zero-order valence-electron chi connectivity index (χ0n) is 15.8.